The summed E-state index contributed by atoms with van der Waals surface area (Å²) in [4.78, 5) is 20.9. The van der Waals surface area contributed by atoms with Gasteiger partial charge in [-0.05, 0) is 23.8 Å². The van der Waals surface area contributed by atoms with E-state index < -0.39 is 10.8 Å². The van der Waals surface area contributed by atoms with Crippen LogP contribution in [0.2, 0.25) is 0 Å². The third-order valence-corrected chi connectivity index (χ3v) is 2.67. The van der Waals surface area contributed by atoms with Gasteiger partial charge in [0.15, 0.2) is 0 Å². The van der Waals surface area contributed by atoms with Crippen molar-refractivity contribution in [1.82, 2.24) is 5.32 Å². The van der Waals surface area contributed by atoms with Gasteiger partial charge in [0.1, 0.15) is 10.7 Å². The zero-order valence-corrected chi connectivity index (χ0v) is 10.5. The lowest BCUT2D eigenvalue weighted by Gasteiger charge is -2.04. The van der Waals surface area contributed by atoms with Crippen LogP contribution in [0.4, 0.5) is 5.88 Å². The van der Waals surface area contributed by atoms with Crippen LogP contribution in [-0.4, -0.2) is 10.8 Å². The molecule has 1 amide bonds. The first-order valence-electron chi connectivity index (χ1n) is 5.89. The maximum absolute atomic E-state index is 11.0. The van der Waals surface area contributed by atoms with Crippen LogP contribution in [-0.2, 0) is 13.1 Å². The number of carbonyl (C=O) groups is 1. The van der Waals surface area contributed by atoms with Gasteiger partial charge in [-0.3, -0.25) is 14.9 Å². The van der Waals surface area contributed by atoms with Gasteiger partial charge in [0.05, 0.1) is 12.6 Å². The fraction of sp³-hybridized carbons (Fsp3) is 0.154. The Kier molecular flexibility index (Phi) is 4.11. The number of nitrogens with one attached hydrogen (secondary N) is 1. The molecule has 20 heavy (non-hydrogen) atoms. The van der Waals surface area contributed by atoms with E-state index in [1.807, 2.05) is 6.07 Å². The second-order valence-corrected chi connectivity index (χ2v) is 4.17. The fourth-order valence-electron chi connectivity index (χ4n) is 1.72. The molecule has 1 aromatic carbocycles. The Morgan fingerprint density at radius 1 is 1.30 bits per heavy atom. The molecular weight excluding hydrogens is 262 g/mol. The fourth-order valence-corrected chi connectivity index (χ4v) is 1.72. The van der Waals surface area contributed by atoms with Crippen molar-refractivity contribution in [2.24, 2.45) is 5.73 Å². The predicted molar refractivity (Wildman–Crippen MR) is 70.9 cm³/mol. The summed E-state index contributed by atoms with van der Waals surface area (Å²) in [5.41, 5.74) is 6.53. The number of rotatable bonds is 6. The van der Waals surface area contributed by atoms with Gasteiger partial charge >= 0.3 is 5.88 Å². The quantitative estimate of drug-likeness (QED) is 0.614. The van der Waals surface area contributed by atoms with E-state index in [-0.39, 0.29) is 5.88 Å². The molecule has 0 saturated heterocycles. The number of furan rings is 1. The van der Waals surface area contributed by atoms with Gasteiger partial charge in [-0.2, -0.15) is 0 Å². The van der Waals surface area contributed by atoms with Crippen molar-refractivity contribution in [3.8, 4) is 0 Å². The molecule has 0 aliphatic carbocycles. The number of hydrogen-bond donors (Lipinski definition) is 2. The SMILES string of the molecule is NC(=O)c1cccc(CNCc2ccc([N+](=O)[O-])o2)c1. The number of amides is 1. The van der Waals surface area contributed by atoms with Crippen LogP contribution in [0.5, 0.6) is 0 Å². The molecular formula is C13H13N3O4. The highest BCUT2D eigenvalue weighted by molar-refractivity contribution is 5.92. The molecule has 2 aromatic rings. The van der Waals surface area contributed by atoms with Gasteiger partial charge in [-0.15, -0.1) is 0 Å². The molecule has 1 aromatic heterocycles. The summed E-state index contributed by atoms with van der Waals surface area (Å²) in [7, 11) is 0. The third kappa shape index (κ3) is 3.42. The summed E-state index contributed by atoms with van der Waals surface area (Å²) in [6.07, 6.45) is 0. The topological polar surface area (TPSA) is 111 Å². The Bertz CT molecular complexity index is 636. The lowest BCUT2D eigenvalue weighted by atomic mass is 10.1. The maximum atomic E-state index is 11.0. The first-order chi connectivity index (χ1) is 9.56. The molecule has 0 bridgehead atoms. The first-order valence-corrected chi connectivity index (χ1v) is 5.89. The molecule has 0 radical (unpaired) electrons. The predicted octanol–water partition coefficient (Wildman–Crippen LogP) is 1.58. The van der Waals surface area contributed by atoms with E-state index in [2.05, 4.69) is 5.32 Å². The number of benzene rings is 1. The van der Waals surface area contributed by atoms with Crippen molar-refractivity contribution in [1.29, 1.82) is 0 Å². The molecule has 0 aliphatic heterocycles. The van der Waals surface area contributed by atoms with E-state index in [1.54, 1.807) is 24.3 Å². The van der Waals surface area contributed by atoms with Crippen LogP contribution in [0.15, 0.2) is 40.8 Å². The molecule has 0 aliphatic rings. The van der Waals surface area contributed by atoms with Crippen molar-refractivity contribution < 1.29 is 14.1 Å². The second kappa shape index (κ2) is 5.98. The van der Waals surface area contributed by atoms with Gasteiger partial charge in [-0.1, -0.05) is 12.1 Å². The summed E-state index contributed by atoms with van der Waals surface area (Å²) < 4.78 is 5.01. The Hall–Kier alpha value is -2.67. The highest BCUT2D eigenvalue weighted by Gasteiger charge is 2.11. The van der Waals surface area contributed by atoms with Crippen molar-refractivity contribution in [2.45, 2.75) is 13.1 Å². The summed E-state index contributed by atoms with van der Waals surface area (Å²) in [6, 6.07) is 9.79. The average molecular weight is 275 g/mol. The monoisotopic (exact) mass is 275 g/mol. The molecule has 104 valence electrons. The summed E-state index contributed by atoms with van der Waals surface area (Å²) in [6.45, 7) is 0.851. The van der Waals surface area contributed by atoms with Crippen molar-refractivity contribution >= 4 is 11.8 Å². The molecule has 0 saturated carbocycles. The number of hydrogen-bond acceptors (Lipinski definition) is 5. The Morgan fingerprint density at radius 2 is 2.10 bits per heavy atom. The Morgan fingerprint density at radius 3 is 2.75 bits per heavy atom. The molecule has 7 heteroatoms. The Balaban J connectivity index is 1.90. The minimum absolute atomic E-state index is 0.280. The maximum Gasteiger partial charge on any atom is 0.433 e. The summed E-state index contributed by atoms with van der Waals surface area (Å²) >= 11 is 0. The minimum atomic E-state index is -0.583. The molecule has 1 heterocycles. The molecule has 0 fully saturated rings. The zero-order valence-electron chi connectivity index (χ0n) is 10.5. The van der Waals surface area contributed by atoms with E-state index in [4.69, 9.17) is 10.2 Å². The Labute approximate surface area is 114 Å². The highest BCUT2D eigenvalue weighted by atomic mass is 16.6. The minimum Gasteiger partial charge on any atom is -0.404 e. The van der Waals surface area contributed by atoms with Crippen LogP contribution >= 0.6 is 0 Å². The molecule has 3 N–H and O–H groups in total. The zero-order chi connectivity index (χ0) is 14.5. The van der Waals surface area contributed by atoms with Crippen LogP contribution in [0, 0.1) is 10.1 Å². The van der Waals surface area contributed by atoms with Crippen LogP contribution in [0.1, 0.15) is 21.7 Å². The lowest BCUT2D eigenvalue weighted by Crippen LogP contribution is -2.14. The highest BCUT2D eigenvalue weighted by Crippen LogP contribution is 2.15. The normalized spacial score (nSPS) is 10.4. The van der Waals surface area contributed by atoms with E-state index in [9.17, 15) is 14.9 Å². The average Bonchev–Trinajstić information content (AvgIpc) is 2.88. The number of carbonyl (C=O) groups excluding carboxylic acids is 1. The standard InChI is InChI=1S/C13H13N3O4/c14-13(17)10-3-1-2-9(6-10)7-15-8-11-4-5-12(20-11)16(18)19/h1-6,15H,7-8H2,(H2,14,17). The van der Waals surface area contributed by atoms with Crippen molar-refractivity contribution in [3.05, 3.63) is 63.4 Å². The van der Waals surface area contributed by atoms with Gasteiger partial charge < -0.3 is 15.5 Å². The lowest BCUT2D eigenvalue weighted by molar-refractivity contribution is -0.402. The van der Waals surface area contributed by atoms with Crippen LogP contribution < -0.4 is 11.1 Å². The van der Waals surface area contributed by atoms with Crippen molar-refractivity contribution in [3.63, 3.8) is 0 Å². The van der Waals surface area contributed by atoms with Crippen molar-refractivity contribution in [2.75, 3.05) is 0 Å². The van der Waals surface area contributed by atoms with Gasteiger partial charge in [0.25, 0.3) is 0 Å². The molecule has 0 unspecified atom stereocenters. The largest absolute Gasteiger partial charge is 0.433 e. The second-order valence-electron chi connectivity index (χ2n) is 4.17. The van der Waals surface area contributed by atoms with Crippen LogP contribution in [0.3, 0.4) is 0 Å². The molecule has 7 nitrogen and oxygen atoms in total. The first kappa shape index (κ1) is 13.8. The molecule has 0 atom stereocenters. The third-order valence-electron chi connectivity index (χ3n) is 2.67. The van der Waals surface area contributed by atoms with Gasteiger partial charge in [0.2, 0.25) is 5.91 Å². The summed E-state index contributed by atoms with van der Waals surface area (Å²) in [5.74, 6) is -0.284. The van der Waals surface area contributed by atoms with Gasteiger partial charge in [-0.25, -0.2) is 0 Å². The van der Waals surface area contributed by atoms with Crippen LogP contribution in [0.25, 0.3) is 0 Å². The van der Waals surface area contributed by atoms with E-state index in [0.717, 1.165) is 5.56 Å². The molecule has 0 spiro atoms. The number of nitro groups is 1. The van der Waals surface area contributed by atoms with E-state index in [0.29, 0.717) is 24.4 Å². The summed E-state index contributed by atoms with van der Waals surface area (Å²) in [5, 5.41) is 13.5. The molecule has 2 rings (SSSR count). The number of nitrogens with zero attached hydrogens (tertiary/aromatic N) is 1. The number of primary amides is 1. The van der Waals surface area contributed by atoms with E-state index >= 15 is 0 Å². The van der Waals surface area contributed by atoms with E-state index in [1.165, 1.54) is 6.07 Å². The smallest absolute Gasteiger partial charge is 0.404 e. The number of nitrogens with two attached hydrogens (primary N) is 1. The van der Waals surface area contributed by atoms with Gasteiger partial charge in [0, 0.05) is 12.1 Å².